The molecule has 108 heavy (non-hydrogen) atoms. The summed E-state index contributed by atoms with van der Waals surface area (Å²) in [6, 6.07) is 0. The zero-order valence-electron chi connectivity index (χ0n) is 68.8. The van der Waals surface area contributed by atoms with Crippen molar-refractivity contribution in [2.24, 2.45) is 0 Å². The molecular weight excluding hydrogens is 1400 g/mol. The Morgan fingerprint density at radius 1 is 0.259 bits per heavy atom. The lowest BCUT2D eigenvalue weighted by atomic mass is 10.0. The molecular formula is C89H158O17P2. The molecule has 0 rings (SSSR count). The van der Waals surface area contributed by atoms with Gasteiger partial charge in [-0.25, -0.2) is 9.13 Å². The Morgan fingerprint density at radius 3 is 0.713 bits per heavy atom. The maximum Gasteiger partial charge on any atom is 0.472 e. The summed E-state index contributed by atoms with van der Waals surface area (Å²) in [4.78, 5) is 73.3. The van der Waals surface area contributed by atoms with E-state index < -0.39 is 97.5 Å². The van der Waals surface area contributed by atoms with Crippen molar-refractivity contribution in [3.8, 4) is 0 Å². The van der Waals surface area contributed by atoms with Crippen LogP contribution in [0.4, 0.5) is 0 Å². The van der Waals surface area contributed by atoms with Crippen LogP contribution in [0.25, 0.3) is 0 Å². The SMILES string of the molecule is CCCCC/C=C\C/C=C\C/C=C\CCCCCCCCC(=O)OCC(COP(=O)(O)OCC(O)COP(=O)(O)OCC(COC(=O)CCCCCCC/C=C\C/C=C\CCCCC)OC(=O)CCCCCCCCCCCCCCCCC)OC(=O)CCCCCCCC/C=C\C/C=C\C/C=C\CCCCC. The minimum atomic E-state index is -4.99. The van der Waals surface area contributed by atoms with Crippen LogP contribution in [0.1, 0.15) is 387 Å². The van der Waals surface area contributed by atoms with Crippen LogP contribution in [0, 0.1) is 0 Å². The van der Waals surface area contributed by atoms with Gasteiger partial charge < -0.3 is 33.8 Å². The highest BCUT2D eigenvalue weighted by Crippen LogP contribution is 2.45. The first kappa shape index (κ1) is 104. The molecule has 19 heteroatoms. The lowest BCUT2D eigenvalue weighted by Crippen LogP contribution is -2.30. The second-order valence-electron chi connectivity index (χ2n) is 29.1. The maximum atomic E-state index is 13.1. The van der Waals surface area contributed by atoms with E-state index in [4.69, 9.17) is 37.0 Å². The average molecular weight is 1560 g/mol. The van der Waals surface area contributed by atoms with Gasteiger partial charge in [0.05, 0.1) is 26.4 Å². The average Bonchev–Trinajstić information content (AvgIpc) is 0.896. The molecule has 5 atom stereocenters. The minimum Gasteiger partial charge on any atom is -0.462 e. The Bertz CT molecular complexity index is 2420. The number of phosphoric ester groups is 2. The number of hydrogen-bond donors (Lipinski definition) is 3. The first-order valence-corrected chi connectivity index (χ1v) is 46.5. The Kier molecular flexibility index (Phi) is 78.0. The van der Waals surface area contributed by atoms with E-state index in [-0.39, 0.29) is 25.7 Å². The van der Waals surface area contributed by atoms with Crippen molar-refractivity contribution in [3.05, 3.63) is 97.2 Å². The van der Waals surface area contributed by atoms with E-state index in [1.54, 1.807) is 0 Å². The quantitative estimate of drug-likeness (QED) is 0.0169. The van der Waals surface area contributed by atoms with Crippen LogP contribution in [0.2, 0.25) is 0 Å². The Hall–Kier alpha value is -4.02. The van der Waals surface area contributed by atoms with E-state index in [0.29, 0.717) is 25.7 Å². The van der Waals surface area contributed by atoms with Crippen molar-refractivity contribution in [1.82, 2.24) is 0 Å². The summed E-state index contributed by atoms with van der Waals surface area (Å²) in [7, 11) is -9.97. The lowest BCUT2D eigenvalue weighted by Gasteiger charge is -2.21. The van der Waals surface area contributed by atoms with Crippen molar-refractivity contribution in [2.75, 3.05) is 39.6 Å². The predicted molar refractivity (Wildman–Crippen MR) is 446 cm³/mol. The van der Waals surface area contributed by atoms with Gasteiger partial charge in [0, 0.05) is 25.7 Å². The summed E-state index contributed by atoms with van der Waals surface area (Å²) in [5.74, 6) is -2.19. The van der Waals surface area contributed by atoms with Crippen molar-refractivity contribution >= 4 is 39.5 Å². The van der Waals surface area contributed by atoms with Crippen LogP contribution in [-0.2, 0) is 65.4 Å². The van der Waals surface area contributed by atoms with Gasteiger partial charge in [-0.2, -0.15) is 0 Å². The number of carbonyl (C=O) groups is 4. The number of aliphatic hydroxyl groups excluding tert-OH is 1. The molecule has 0 aliphatic carbocycles. The van der Waals surface area contributed by atoms with E-state index in [0.717, 1.165) is 186 Å². The second-order valence-corrected chi connectivity index (χ2v) is 32.0. The summed E-state index contributed by atoms with van der Waals surface area (Å²) in [5, 5.41) is 10.7. The van der Waals surface area contributed by atoms with Crippen LogP contribution in [-0.4, -0.2) is 96.7 Å². The van der Waals surface area contributed by atoms with E-state index in [2.05, 4.69) is 125 Å². The number of hydrogen-bond acceptors (Lipinski definition) is 15. The summed E-state index contributed by atoms with van der Waals surface area (Å²) >= 11 is 0. The monoisotopic (exact) mass is 1560 g/mol. The molecule has 0 saturated heterocycles. The molecule has 0 bridgehead atoms. The normalized spacial score (nSPS) is 14.2. The largest absolute Gasteiger partial charge is 0.472 e. The summed E-state index contributed by atoms with van der Waals surface area (Å²) in [6.07, 6.45) is 87.8. The number of unbranched alkanes of at least 4 members (excludes halogenated alkanes) is 40. The molecule has 0 aromatic rings. The molecule has 0 radical (unpaired) electrons. The fourth-order valence-electron chi connectivity index (χ4n) is 11.9. The third kappa shape index (κ3) is 80.0. The molecule has 5 unspecified atom stereocenters. The number of carbonyl (C=O) groups excluding carboxylic acids is 4. The van der Waals surface area contributed by atoms with Crippen LogP contribution < -0.4 is 0 Å². The van der Waals surface area contributed by atoms with Crippen molar-refractivity contribution in [1.29, 1.82) is 0 Å². The molecule has 0 aliphatic heterocycles. The zero-order chi connectivity index (χ0) is 78.9. The Labute approximate surface area is 658 Å². The maximum absolute atomic E-state index is 13.1. The van der Waals surface area contributed by atoms with Gasteiger partial charge in [0.15, 0.2) is 12.2 Å². The highest BCUT2D eigenvalue weighted by molar-refractivity contribution is 7.47. The number of esters is 4. The number of phosphoric acid groups is 2. The highest BCUT2D eigenvalue weighted by atomic mass is 31.2. The molecule has 17 nitrogen and oxygen atoms in total. The Balaban J connectivity index is 5.39. The van der Waals surface area contributed by atoms with Gasteiger partial charge in [0.2, 0.25) is 0 Å². The van der Waals surface area contributed by atoms with E-state index in [9.17, 15) is 43.2 Å². The first-order valence-electron chi connectivity index (χ1n) is 43.5. The summed E-state index contributed by atoms with van der Waals surface area (Å²) in [5.41, 5.74) is 0. The van der Waals surface area contributed by atoms with Gasteiger partial charge in [0.25, 0.3) is 0 Å². The highest BCUT2D eigenvalue weighted by Gasteiger charge is 2.30. The molecule has 3 N–H and O–H groups in total. The molecule has 0 heterocycles. The molecule has 0 aromatic heterocycles. The first-order chi connectivity index (χ1) is 52.7. The van der Waals surface area contributed by atoms with Crippen molar-refractivity contribution in [2.45, 2.75) is 406 Å². The standard InChI is InChI=1S/C89H158O17P2/c1-5-9-13-17-21-25-29-33-37-39-41-43-47-50-54-58-62-66-70-74-87(92)100-80-85(106-89(94)76-72-68-64-60-56-52-48-44-42-40-38-34-30-26-22-18-14-10-6-2)82-104-108(97,98)102-78-83(90)77-101-107(95,96)103-81-84(105-88(93)75-71-67-63-59-55-51-46-36-32-28-24-20-16-12-8-4)79-99-86(91)73-69-65-61-57-53-49-45-35-31-27-23-19-15-11-7-3/h21-23,25-27,33-35,37-38,41-45,83-85,90H,5-20,24,28-32,36,39-40,46-82H2,1-4H3,(H,95,96)(H,97,98)/b25-21-,26-22-,27-23-,37-33-,38-34-,43-41-,44-42-,45-35-. The number of aliphatic hydroxyl groups is 1. The number of ether oxygens (including phenoxy) is 4. The van der Waals surface area contributed by atoms with Gasteiger partial charge in [-0.1, -0.05) is 324 Å². The van der Waals surface area contributed by atoms with E-state index in [1.165, 1.54) is 122 Å². The molecule has 626 valence electrons. The van der Waals surface area contributed by atoms with Gasteiger partial charge >= 0.3 is 39.5 Å². The van der Waals surface area contributed by atoms with Gasteiger partial charge in [-0.3, -0.25) is 37.3 Å². The summed E-state index contributed by atoms with van der Waals surface area (Å²) in [6.45, 7) is 4.83. The third-order valence-electron chi connectivity index (χ3n) is 18.5. The van der Waals surface area contributed by atoms with E-state index >= 15 is 0 Å². The predicted octanol–water partition coefficient (Wildman–Crippen LogP) is 25.9. The van der Waals surface area contributed by atoms with Gasteiger partial charge in [0.1, 0.15) is 19.3 Å². The van der Waals surface area contributed by atoms with Gasteiger partial charge in [-0.05, 0) is 135 Å². The molecule has 0 amide bonds. The fraction of sp³-hybridized carbons (Fsp3) is 0.775. The zero-order valence-corrected chi connectivity index (χ0v) is 70.6. The fourth-order valence-corrected chi connectivity index (χ4v) is 13.4. The van der Waals surface area contributed by atoms with Crippen LogP contribution >= 0.6 is 15.6 Å². The molecule has 0 spiro atoms. The Morgan fingerprint density at radius 2 is 0.454 bits per heavy atom. The van der Waals surface area contributed by atoms with E-state index in [1.807, 2.05) is 0 Å². The molecule has 0 aliphatic rings. The van der Waals surface area contributed by atoms with Crippen LogP contribution in [0.5, 0.6) is 0 Å². The summed E-state index contributed by atoms with van der Waals surface area (Å²) < 4.78 is 68.8. The third-order valence-corrected chi connectivity index (χ3v) is 20.4. The van der Waals surface area contributed by atoms with Crippen LogP contribution in [0.3, 0.4) is 0 Å². The number of allylic oxidation sites excluding steroid dienone is 16. The van der Waals surface area contributed by atoms with Gasteiger partial charge in [-0.15, -0.1) is 0 Å². The second kappa shape index (κ2) is 81.0. The number of rotatable bonds is 82. The minimum absolute atomic E-state index is 0.0777. The van der Waals surface area contributed by atoms with Crippen molar-refractivity contribution in [3.63, 3.8) is 0 Å². The topological polar surface area (TPSA) is 237 Å². The molecule has 0 fully saturated rings. The van der Waals surface area contributed by atoms with Crippen LogP contribution in [0.15, 0.2) is 97.2 Å². The van der Waals surface area contributed by atoms with Crippen molar-refractivity contribution < 1.29 is 80.2 Å². The smallest absolute Gasteiger partial charge is 0.462 e. The lowest BCUT2D eigenvalue weighted by molar-refractivity contribution is -0.161. The molecule has 0 saturated carbocycles. The molecule has 0 aromatic carbocycles.